The third-order valence-electron chi connectivity index (χ3n) is 3.69. The molecule has 0 fully saturated rings. The van der Waals surface area contributed by atoms with Gasteiger partial charge >= 0.3 is 0 Å². The Labute approximate surface area is 147 Å². The van der Waals surface area contributed by atoms with Crippen molar-refractivity contribution in [1.29, 1.82) is 0 Å². The molecule has 0 saturated carbocycles. The molecule has 24 heavy (non-hydrogen) atoms. The summed E-state index contributed by atoms with van der Waals surface area (Å²) in [7, 11) is -3.71. The highest BCUT2D eigenvalue weighted by molar-refractivity contribution is 7.92. The molecule has 1 N–H and O–H groups in total. The maximum atomic E-state index is 12.3. The number of amides is 1. The second-order valence-corrected chi connectivity index (χ2v) is 8.38. The van der Waals surface area contributed by atoms with Gasteiger partial charge in [-0.15, -0.1) is 0 Å². The van der Waals surface area contributed by atoms with E-state index in [2.05, 4.69) is 5.32 Å². The molecule has 2 aromatic rings. The van der Waals surface area contributed by atoms with E-state index in [-0.39, 0.29) is 10.8 Å². The average Bonchev–Trinajstić information content (AvgIpc) is 2.49. The van der Waals surface area contributed by atoms with Crippen molar-refractivity contribution in [3.05, 3.63) is 58.6 Å². The summed E-state index contributed by atoms with van der Waals surface area (Å²) in [4.78, 5) is 12.4. The first kappa shape index (κ1) is 18.5. The zero-order valence-electron chi connectivity index (χ0n) is 13.8. The van der Waals surface area contributed by atoms with Gasteiger partial charge in [0.25, 0.3) is 0 Å². The van der Waals surface area contributed by atoms with Crippen LogP contribution in [0, 0.1) is 6.92 Å². The number of hydrogen-bond acceptors (Lipinski definition) is 3. The lowest BCUT2D eigenvalue weighted by Gasteiger charge is -2.16. The molecule has 0 atom stereocenters. The topological polar surface area (TPSA) is 63.2 Å². The summed E-state index contributed by atoms with van der Waals surface area (Å²) in [5.74, 6) is -0.949. The lowest BCUT2D eigenvalue weighted by atomic mass is 9.98. The van der Waals surface area contributed by atoms with E-state index >= 15 is 0 Å². The highest BCUT2D eigenvalue weighted by Gasteiger charge is 2.21. The molecule has 0 aliphatic carbocycles. The molecule has 128 valence electrons. The van der Waals surface area contributed by atoms with Crippen LogP contribution in [0.3, 0.4) is 0 Å². The van der Waals surface area contributed by atoms with E-state index in [0.717, 1.165) is 11.1 Å². The van der Waals surface area contributed by atoms with Crippen LogP contribution in [0.2, 0.25) is 5.02 Å². The Bertz CT molecular complexity index is 843. The molecule has 0 unspecified atom stereocenters. The number of rotatable bonds is 5. The predicted molar refractivity (Wildman–Crippen MR) is 97.4 cm³/mol. The first-order valence-corrected chi connectivity index (χ1v) is 9.61. The van der Waals surface area contributed by atoms with Crippen LogP contribution >= 0.6 is 11.6 Å². The monoisotopic (exact) mass is 365 g/mol. The van der Waals surface area contributed by atoms with Crippen molar-refractivity contribution in [2.75, 3.05) is 11.1 Å². The molecule has 0 aliphatic heterocycles. The minimum Gasteiger partial charge on any atom is -0.325 e. The van der Waals surface area contributed by atoms with Gasteiger partial charge in [0.05, 0.1) is 4.90 Å². The molecule has 2 aromatic carbocycles. The molecule has 6 heteroatoms. The minimum atomic E-state index is -3.71. The molecule has 4 nitrogen and oxygen atoms in total. The SMILES string of the molecule is Cc1cccc(C(C)C)c1NC(=O)CS(=O)(=O)c1ccc(Cl)cc1. The Morgan fingerprint density at radius 3 is 2.33 bits per heavy atom. The van der Waals surface area contributed by atoms with Crippen LogP contribution in [-0.2, 0) is 14.6 Å². The van der Waals surface area contributed by atoms with Gasteiger partial charge in [-0.2, -0.15) is 0 Å². The van der Waals surface area contributed by atoms with E-state index in [9.17, 15) is 13.2 Å². The second-order valence-electron chi connectivity index (χ2n) is 5.96. The maximum absolute atomic E-state index is 12.3. The Kier molecular flexibility index (Phi) is 5.67. The van der Waals surface area contributed by atoms with Gasteiger partial charge in [-0.1, -0.05) is 43.6 Å². The van der Waals surface area contributed by atoms with Crippen molar-refractivity contribution in [2.24, 2.45) is 0 Å². The van der Waals surface area contributed by atoms with Crippen LogP contribution in [0.15, 0.2) is 47.4 Å². The van der Waals surface area contributed by atoms with Gasteiger partial charge in [-0.25, -0.2) is 8.42 Å². The summed E-state index contributed by atoms with van der Waals surface area (Å²) < 4.78 is 24.7. The molecule has 0 bridgehead atoms. The summed E-state index contributed by atoms with van der Waals surface area (Å²) in [6.45, 7) is 5.93. The van der Waals surface area contributed by atoms with Crippen molar-refractivity contribution >= 4 is 33.0 Å². The van der Waals surface area contributed by atoms with Crippen molar-refractivity contribution < 1.29 is 13.2 Å². The predicted octanol–water partition coefficient (Wildman–Crippen LogP) is 4.18. The average molecular weight is 366 g/mol. The molecule has 0 spiro atoms. The molecule has 2 rings (SSSR count). The molecule has 0 saturated heterocycles. The van der Waals surface area contributed by atoms with Crippen LogP contribution in [-0.4, -0.2) is 20.1 Å². The van der Waals surface area contributed by atoms with Crippen molar-refractivity contribution in [1.82, 2.24) is 0 Å². The Hall–Kier alpha value is -1.85. The Morgan fingerprint density at radius 2 is 1.75 bits per heavy atom. The van der Waals surface area contributed by atoms with E-state index in [1.165, 1.54) is 24.3 Å². The van der Waals surface area contributed by atoms with Crippen molar-refractivity contribution in [3.63, 3.8) is 0 Å². The summed E-state index contributed by atoms with van der Waals surface area (Å²) in [6.07, 6.45) is 0. The lowest BCUT2D eigenvalue weighted by Crippen LogP contribution is -2.24. The van der Waals surface area contributed by atoms with Gasteiger partial charge in [0.1, 0.15) is 5.75 Å². The van der Waals surface area contributed by atoms with E-state index < -0.39 is 21.5 Å². The third kappa shape index (κ3) is 4.36. The van der Waals surface area contributed by atoms with Crippen LogP contribution in [0.4, 0.5) is 5.69 Å². The Morgan fingerprint density at radius 1 is 1.12 bits per heavy atom. The van der Waals surface area contributed by atoms with Crippen molar-refractivity contribution in [2.45, 2.75) is 31.6 Å². The summed E-state index contributed by atoms with van der Waals surface area (Å²) in [5.41, 5.74) is 2.56. The lowest BCUT2D eigenvalue weighted by molar-refractivity contribution is -0.113. The molecule has 0 heterocycles. The van der Waals surface area contributed by atoms with E-state index in [0.29, 0.717) is 10.7 Å². The number of halogens is 1. The van der Waals surface area contributed by atoms with E-state index in [1.54, 1.807) is 0 Å². The molecular weight excluding hydrogens is 346 g/mol. The first-order valence-electron chi connectivity index (χ1n) is 7.58. The zero-order valence-corrected chi connectivity index (χ0v) is 15.4. The quantitative estimate of drug-likeness (QED) is 0.864. The van der Waals surface area contributed by atoms with Crippen LogP contribution < -0.4 is 5.32 Å². The smallest absolute Gasteiger partial charge is 0.239 e. The zero-order chi connectivity index (χ0) is 17.9. The number of nitrogens with one attached hydrogen (secondary N) is 1. The van der Waals surface area contributed by atoms with Gasteiger partial charge < -0.3 is 5.32 Å². The van der Waals surface area contributed by atoms with E-state index in [4.69, 9.17) is 11.6 Å². The number of para-hydroxylation sites is 1. The fourth-order valence-electron chi connectivity index (χ4n) is 2.42. The number of carbonyl (C=O) groups excluding carboxylic acids is 1. The number of carbonyl (C=O) groups is 1. The normalized spacial score (nSPS) is 11.5. The highest BCUT2D eigenvalue weighted by atomic mass is 35.5. The molecule has 0 aromatic heterocycles. The fourth-order valence-corrected chi connectivity index (χ4v) is 3.68. The van der Waals surface area contributed by atoms with Crippen LogP contribution in [0.5, 0.6) is 0 Å². The van der Waals surface area contributed by atoms with Gasteiger partial charge in [0.2, 0.25) is 5.91 Å². The number of sulfone groups is 1. The number of aryl methyl sites for hydroxylation is 1. The molecule has 0 aliphatic rings. The summed E-state index contributed by atoms with van der Waals surface area (Å²) in [6, 6.07) is 11.5. The number of hydrogen-bond donors (Lipinski definition) is 1. The molecule has 1 amide bonds. The van der Waals surface area contributed by atoms with Crippen molar-refractivity contribution in [3.8, 4) is 0 Å². The second kappa shape index (κ2) is 7.36. The third-order valence-corrected chi connectivity index (χ3v) is 5.57. The Balaban J connectivity index is 2.21. The number of anilines is 1. The highest BCUT2D eigenvalue weighted by Crippen LogP contribution is 2.27. The first-order chi connectivity index (χ1) is 11.2. The maximum Gasteiger partial charge on any atom is 0.239 e. The van der Waals surface area contributed by atoms with Gasteiger partial charge in [-0.05, 0) is 48.2 Å². The van der Waals surface area contributed by atoms with Gasteiger partial charge in [0.15, 0.2) is 9.84 Å². The fraction of sp³-hybridized carbons (Fsp3) is 0.278. The minimum absolute atomic E-state index is 0.0796. The van der Waals surface area contributed by atoms with Crippen LogP contribution in [0.1, 0.15) is 30.9 Å². The standard InChI is InChI=1S/C18H20ClNO3S/c1-12(2)16-6-4-5-13(3)18(16)20-17(21)11-24(22,23)15-9-7-14(19)8-10-15/h4-10,12H,11H2,1-3H3,(H,20,21). The van der Waals surface area contributed by atoms with Crippen LogP contribution in [0.25, 0.3) is 0 Å². The largest absolute Gasteiger partial charge is 0.325 e. The summed E-state index contributed by atoms with van der Waals surface area (Å²) in [5, 5.41) is 3.20. The molecule has 0 radical (unpaired) electrons. The van der Waals surface area contributed by atoms with Gasteiger partial charge in [-0.3, -0.25) is 4.79 Å². The van der Waals surface area contributed by atoms with E-state index in [1.807, 2.05) is 39.0 Å². The molecular formula is C18H20ClNO3S. The number of benzene rings is 2. The van der Waals surface area contributed by atoms with Gasteiger partial charge in [0, 0.05) is 10.7 Å². The summed E-state index contributed by atoms with van der Waals surface area (Å²) >= 11 is 5.77.